The van der Waals surface area contributed by atoms with Crippen molar-refractivity contribution in [2.75, 3.05) is 13.7 Å². The topological polar surface area (TPSA) is 199 Å². The maximum absolute atomic E-state index is 13.9. The molecule has 0 aromatic carbocycles. The number of carbonyl (C=O) groups is 6. The van der Waals surface area contributed by atoms with E-state index >= 15 is 0 Å². The van der Waals surface area contributed by atoms with E-state index in [0.717, 1.165) is 0 Å². The van der Waals surface area contributed by atoms with E-state index in [1.54, 1.807) is 19.9 Å². The van der Waals surface area contributed by atoms with Crippen LogP contribution in [0.1, 0.15) is 92.2 Å². The number of rotatable bonds is 8. The summed E-state index contributed by atoms with van der Waals surface area (Å²) in [7, 11) is 1.24. The Kier molecular flexibility index (Phi) is 7.34. The van der Waals surface area contributed by atoms with Gasteiger partial charge in [-0.25, -0.2) is 0 Å². The van der Waals surface area contributed by atoms with Gasteiger partial charge in [0.25, 0.3) is 5.97 Å². The van der Waals surface area contributed by atoms with Crippen LogP contribution in [0.4, 0.5) is 0 Å². The van der Waals surface area contributed by atoms with Crippen LogP contribution in [-0.4, -0.2) is 90.1 Å². The van der Waals surface area contributed by atoms with Gasteiger partial charge in [-0.1, -0.05) is 13.8 Å². The summed E-state index contributed by atoms with van der Waals surface area (Å²) in [5, 5.41) is 0. The molecule has 16 heteroatoms. The molecule has 3 saturated heterocycles. The Morgan fingerprint density at radius 1 is 0.849 bits per heavy atom. The standard InChI is InChI=1S/C37H44O16/c1-18(38)46-17-33-23(13-25(42)44-8)31(6)16-35(33)37(50-21(4)41,28(31)47-19(2)39)29(48-20(3)40)36-24-14-26(43)49-27(22-9-12-45-15-22)30(24,5)10-11-34(33,36)51-32(7,52-35)53-36/h9,12,15,23-24,27-29H,10-11,13-14,16-17H2,1-8H3/t23-,24+,27?,28-,29+,30+,31+,32?,33-,34-,35+,36+,37-/m0/s1. The van der Waals surface area contributed by atoms with Crippen LogP contribution in [0, 0.1) is 28.1 Å². The highest BCUT2D eigenvalue weighted by atomic mass is 16.9. The summed E-state index contributed by atoms with van der Waals surface area (Å²) in [6, 6.07) is 1.69. The number of ether oxygens (including phenoxy) is 9. The van der Waals surface area contributed by atoms with Crippen molar-refractivity contribution in [1.82, 2.24) is 0 Å². The smallest absolute Gasteiger partial charge is 0.306 e. The van der Waals surface area contributed by atoms with Gasteiger partial charge in [0, 0.05) is 63.4 Å². The fourth-order valence-electron chi connectivity index (χ4n) is 13.0. The molecule has 1 aromatic rings. The summed E-state index contributed by atoms with van der Waals surface area (Å²) in [4.78, 5) is 80.8. The number of hydrogen-bond acceptors (Lipinski definition) is 16. The van der Waals surface area contributed by atoms with E-state index < -0.39 is 117 Å². The zero-order valence-electron chi connectivity index (χ0n) is 30.9. The van der Waals surface area contributed by atoms with Crippen LogP contribution >= 0.6 is 0 Å². The summed E-state index contributed by atoms with van der Waals surface area (Å²) in [5.41, 5.74) is -11.1. The van der Waals surface area contributed by atoms with E-state index in [1.165, 1.54) is 47.3 Å². The van der Waals surface area contributed by atoms with Crippen molar-refractivity contribution in [3.05, 3.63) is 24.2 Å². The van der Waals surface area contributed by atoms with Gasteiger partial charge in [0.1, 0.15) is 29.5 Å². The molecule has 2 unspecified atom stereocenters. The highest BCUT2D eigenvalue weighted by Crippen LogP contribution is 2.90. The predicted octanol–water partition coefficient (Wildman–Crippen LogP) is 2.98. The molecule has 1 aromatic heterocycles. The quantitative estimate of drug-likeness (QED) is 0.278. The average molecular weight is 745 g/mol. The molecule has 4 heterocycles. The zero-order valence-corrected chi connectivity index (χ0v) is 30.9. The van der Waals surface area contributed by atoms with Crippen molar-refractivity contribution in [1.29, 1.82) is 0 Å². The van der Waals surface area contributed by atoms with Crippen LogP contribution in [0.2, 0.25) is 0 Å². The first-order valence-electron chi connectivity index (χ1n) is 17.8. The number of hydrogen-bond donors (Lipinski definition) is 0. The zero-order chi connectivity index (χ0) is 38.4. The van der Waals surface area contributed by atoms with Crippen molar-refractivity contribution in [3.8, 4) is 0 Å². The molecule has 53 heavy (non-hydrogen) atoms. The first-order valence-corrected chi connectivity index (χ1v) is 17.8. The molecule has 7 aliphatic rings. The number of methoxy groups -OCH3 is 1. The minimum absolute atomic E-state index is 0.0479. The molecule has 4 bridgehead atoms. The molecule has 0 radical (unpaired) electrons. The SMILES string of the molecule is COC(=O)C[C@H]1[C@@]2(C)C[C@]34OC5(C)O[C@@]6([C@@H](OC(C)=O)[C@@]3(OC(C)=O)[C@H]2OC(C)=O)[C@@H]2CC(=O)OC(c3ccoc3)[C@]2(C)CC[C@]6(O5)[C@]14COC(C)=O. The van der Waals surface area contributed by atoms with Gasteiger partial charge in [-0.15, -0.1) is 0 Å². The van der Waals surface area contributed by atoms with Crippen molar-refractivity contribution >= 4 is 35.8 Å². The van der Waals surface area contributed by atoms with Crippen molar-refractivity contribution in [2.45, 2.75) is 127 Å². The van der Waals surface area contributed by atoms with Crippen LogP contribution in [0.5, 0.6) is 0 Å². The number of cyclic esters (lactones) is 1. The van der Waals surface area contributed by atoms with Crippen LogP contribution in [0.25, 0.3) is 0 Å². The minimum Gasteiger partial charge on any atom is -0.472 e. The third-order valence-electron chi connectivity index (χ3n) is 13.9. The lowest BCUT2D eigenvalue weighted by Gasteiger charge is -2.77. The van der Waals surface area contributed by atoms with Crippen molar-refractivity contribution in [2.24, 2.45) is 28.1 Å². The average Bonchev–Trinajstić information content (AvgIpc) is 3.76. The first kappa shape index (κ1) is 36.0. The van der Waals surface area contributed by atoms with E-state index in [0.29, 0.717) is 12.0 Å². The van der Waals surface area contributed by atoms with Gasteiger partial charge in [0.15, 0.2) is 12.2 Å². The molecular weight excluding hydrogens is 700 g/mol. The van der Waals surface area contributed by atoms with Crippen LogP contribution < -0.4 is 0 Å². The van der Waals surface area contributed by atoms with Crippen LogP contribution in [-0.2, 0) is 71.4 Å². The van der Waals surface area contributed by atoms with Crippen LogP contribution in [0.3, 0.4) is 0 Å². The van der Waals surface area contributed by atoms with Gasteiger partial charge in [0.2, 0.25) is 5.60 Å². The van der Waals surface area contributed by atoms with Gasteiger partial charge in [0.05, 0.1) is 31.5 Å². The molecular formula is C37H44O16. The fraction of sp³-hybridized carbons (Fsp3) is 0.730. The molecule has 16 nitrogen and oxygen atoms in total. The summed E-state index contributed by atoms with van der Waals surface area (Å²) >= 11 is 0. The summed E-state index contributed by atoms with van der Waals surface area (Å²) in [5.74, 6) is -8.14. The summed E-state index contributed by atoms with van der Waals surface area (Å²) in [6.07, 6.45) is -1.22. The van der Waals surface area contributed by atoms with E-state index in [-0.39, 0.29) is 25.7 Å². The molecule has 3 aliphatic heterocycles. The minimum atomic E-state index is -2.21. The molecule has 13 atom stereocenters. The maximum Gasteiger partial charge on any atom is 0.306 e. The van der Waals surface area contributed by atoms with Crippen molar-refractivity contribution in [3.63, 3.8) is 0 Å². The van der Waals surface area contributed by atoms with E-state index in [2.05, 4.69) is 0 Å². The largest absolute Gasteiger partial charge is 0.472 e. The third-order valence-corrected chi connectivity index (χ3v) is 13.9. The highest BCUT2D eigenvalue weighted by Gasteiger charge is 3.06. The van der Waals surface area contributed by atoms with Gasteiger partial charge < -0.3 is 47.0 Å². The summed E-state index contributed by atoms with van der Waals surface area (Å²) < 4.78 is 63.5. The van der Waals surface area contributed by atoms with Gasteiger partial charge in [-0.05, 0) is 31.2 Å². The normalized spacial score (nSPS) is 47.8. The molecule has 0 amide bonds. The highest BCUT2D eigenvalue weighted by molar-refractivity contribution is 5.75. The van der Waals surface area contributed by atoms with Gasteiger partial charge in [-0.2, -0.15) is 0 Å². The number of carbonyl (C=O) groups excluding carboxylic acids is 6. The molecule has 2 spiro atoms. The van der Waals surface area contributed by atoms with Crippen LogP contribution in [0.15, 0.2) is 23.0 Å². The van der Waals surface area contributed by atoms with E-state index in [4.69, 9.17) is 47.0 Å². The molecule has 0 N–H and O–H groups in total. The molecule has 288 valence electrons. The number of esters is 6. The Hall–Kier alpha value is -4.02. The number of fused-ring (bicyclic) bond motifs is 3. The second kappa shape index (κ2) is 10.8. The monoisotopic (exact) mass is 744 g/mol. The molecule has 4 saturated carbocycles. The van der Waals surface area contributed by atoms with Crippen molar-refractivity contribution < 1.29 is 75.8 Å². The fourth-order valence-corrected chi connectivity index (χ4v) is 13.0. The lowest BCUT2D eigenvalue weighted by molar-refractivity contribution is -0.483. The third kappa shape index (κ3) is 3.91. The van der Waals surface area contributed by atoms with E-state index in [9.17, 15) is 28.8 Å². The Morgan fingerprint density at radius 2 is 1.53 bits per heavy atom. The van der Waals surface area contributed by atoms with E-state index in [1.807, 2.05) is 6.92 Å². The first-order chi connectivity index (χ1) is 24.8. The molecule has 7 fully saturated rings. The predicted molar refractivity (Wildman–Crippen MR) is 170 cm³/mol. The number of furan rings is 1. The van der Waals surface area contributed by atoms with Gasteiger partial charge in [-0.3, -0.25) is 28.8 Å². The molecule has 8 rings (SSSR count). The maximum atomic E-state index is 13.9. The Labute approximate surface area is 304 Å². The second-order valence-corrected chi connectivity index (χ2v) is 16.4. The Balaban J connectivity index is 1.54. The molecule has 4 aliphatic carbocycles. The summed E-state index contributed by atoms with van der Waals surface area (Å²) in [6.45, 7) is 9.58. The lowest BCUT2D eigenvalue weighted by atomic mass is 9.33. The Morgan fingerprint density at radius 3 is 2.13 bits per heavy atom. The Bertz CT molecular complexity index is 1820. The second-order valence-electron chi connectivity index (χ2n) is 16.4. The lowest BCUT2D eigenvalue weighted by Crippen LogP contribution is -2.95. The van der Waals surface area contributed by atoms with Gasteiger partial charge >= 0.3 is 35.8 Å².